The van der Waals surface area contributed by atoms with E-state index >= 15 is 0 Å². The van der Waals surface area contributed by atoms with Gasteiger partial charge in [0.25, 0.3) is 0 Å². The molecular formula is C13H18N4OS. The summed E-state index contributed by atoms with van der Waals surface area (Å²) in [6.45, 7) is 3.55. The predicted octanol–water partition coefficient (Wildman–Crippen LogP) is 1.13. The molecule has 6 heteroatoms. The Morgan fingerprint density at radius 1 is 1.63 bits per heavy atom. The zero-order valence-electron chi connectivity index (χ0n) is 11.0. The standard InChI is InChI=1S/C13H18N4OS/c1-9-4-10(6-14)7-17(9)12(18)5-11-8-16-2-3-19-13(16)15-11/h2-3,8-10H,4-7,14H2,1H3. The Bertz CT molecular complexity index is 562. The highest BCUT2D eigenvalue weighted by molar-refractivity contribution is 7.15. The number of likely N-dealkylation sites (tertiary alicyclic amines) is 1. The molecule has 1 aliphatic heterocycles. The molecule has 0 saturated carbocycles. The molecule has 0 spiro atoms. The van der Waals surface area contributed by atoms with Crippen LogP contribution in [0.1, 0.15) is 19.0 Å². The number of nitrogens with zero attached hydrogens (tertiary/aromatic N) is 3. The van der Waals surface area contributed by atoms with Gasteiger partial charge in [-0.2, -0.15) is 0 Å². The molecule has 19 heavy (non-hydrogen) atoms. The smallest absolute Gasteiger partial charge is 0.228 e. The largest absolute Gasteiger partial charge is 0.339 e. The van der Waals surface area contributed by atoms with E-state index in [1.54, 1.807) is 11.3 Å². The van der Waals surface area contributed by atoms with Crippen LogP contribution in [0.25, 0.3) is 4.96 Å². The average Bonchev–Trinajstić information content (AvgIpc) is 3.02. The minimum atomic E-state index is 0.161. The summed E-state index contributed by atoms with van der Waals surface area (Å²) in [5.74, 6) is 0.610. The Kier molecular flexibility index (Phi) is 3.28. The summed E-state index contributed by atoms with van der Waals surface area (Å²) < 4.78 is 1.96. The summed E-state index contributed by atoms with van der Waals surface area (Å²) in [6, 6.07) is 0.296. The first-order valence-corrected chi connectivity index (χ1v) is 7.46. The van der Waals surface area contributed by atoms with E-state index in [2.05, 4.69) is 11.9 Å². The van der Waals surface area contributed by atoms with Crippen LogP contribution in [0.5, 0.6) is 0 Å². The molecule has 2 unspecified atom stereocenters. The van der Waals surface area contributed by atoms with Crippen LogP contribution in [0.4, 0.5) is 0 Å². The summed E-state index contributed by atoms with van der Waals surface area (Å²) in [6.07, 6.45) is 5.30. The van der Waals surface area contributed by atoms with E-state index in [9.17, 15) is 4.79 Å². The summed E-state index contributed by atoms with van der Waals surface area (Å²) in [4.78, 5) is 19.7. The normalized spacial score (nSPS) is 23.4. The maximum atomic E-state index is 12.3. The van der Waals surface area contributed by atoms with Crippen molar-refractivity contribution in [2.24, 2.45) is 11.7 Å². The molecule has 102 valence electrons. The van der Waals surface area contributed by atoms with Crippen molar-refractivity contribution < 1.29 is 4.79 Å². The quantitative estimate of drug-likeness (QED) is 0.915. The van der Waals surface area contributed by atoms with Crippen molar-refractivity contribution in [3.8, 4) is 0 Å². The van der Waals surface area contributed by atoms with Crippen molar-refractivity contribution in [3.05, 3.63) is 23.5 Å². The second-order valence-electron chi connectivity index (χ2n) is 5.23. The Hall–Kier alpha value is -1.40. The number of carbonyl (C=O) groups is 1. The number of fused-ring (bicyclic) bond motifs is 1. The third-order valence-electron chi connectivity index (χ3n) is 3.79. The molecule has 1 saturated heterocycles. The molecule has 2 aromatic rings. The van der Waals surface area contributed by atoms with Crippen LogP contribution in [0.3, 0.4) is 0 Å². The highest BCUT2D eigenvalue weighted by atomic mass is 32.1. The van der Waals surface area contributed by atoms with E-state index in [0.717, 1.165) is 23.6 Å². The first-order valence-electron chi connectivity index (χ1n) is 6.58. The third-order valence-corrected chi connectivity index (χ3v) is 4.56. The number of carbonyl (C=O) groups excluding carboxylic acids is 1. The highest BCUT2D eigenvalue weighted by Gasteiger charge is 2.31. The number of amides is 1. The lowest BCUT2D eigenvalue weighted by Crippen LogP contribution is -2.35. The topological polar surface area (TPSA) is 63.6 Å². The van der Waals surface area contributed by atoms with E-state index in [-0.39, 0.29) is 5.91 Å². The third kappa shape index (κ3) is 2.37. The lowest BCUT2D eigenvalue weighted by molar-refractivity contribution is -0.131. The van der Waals surface area contributed by atoms with Gasteiger partial charge in [0.15, 0.2) is 4.96 Å². The van der Waals surface area contributed by atoms with E-state index in [1.165, 1.54) is 0 Å². The van der Waals surface area contributed by atoms with Crippen molar-refractivity contribution in [2.75, 3.05) is 13.1 Å². The number of nitrogens with two attached hydrogens (primary N) is 1. The Morgan fingerprint density at radius 3 is 3.16 bits per heavy atom. The van der Waals surface area contributed by atoms with Crippen molar-refractivity contribution in [1.29, 1.82) is 0 Å². The van der Waals surface area contributed by atoms with Crippen LogP contribution in [0.15, 0.2) is 17.8 Å². The van der Waals surface area contributed by atoms with Gasteiger partial charge >= 0.3 is 0 Å². The van der Waals surface area contributed by atoms with E-state index in [4.69, 9.17) is 5.73 Å². The van der Waals surface area contributed by atoms with Crippen LogP contribution in [-0.2, 0) is 11.2 Å². The molecule has 0 radical (unpaired) electrons. The number of imidazole rings is 1. The lowest BCUT2D eigenvalue weighted by atomic mass is 10.1. The van der Waals surface area contributed by atoms with Crippen molar-refractivity contribution in [1.82, 2.24) is 14.3 Å². The molecule has 0 aliphatic carbocycles. The van der Waals surface area contributed by atoms with Crippen LogP contribution >= 0.6 is 11.3 Å². The van der Waals surface area contributed by atoms with Crippen molar-refractivity contribution in [2.45, 2.75) is 25.8 Å². The summed E-state index contributed by atoms with van der Waals surface area (Å²) in [5, 5.41) is 1.99. The molecule has 3 rings (SSSR count). The number of thiazole rings is 1. The van der Waals surface area contributed by atoms with Crippen LogP contribution in [-0.4, -0.2) is 39.3 Å². The fourth-order valence-electron chi connectivity index (χ4n) is 2.78. The maximum Gasteiger partial charge on any atom is 0.228 e. The lowest BCUT2D eigenvalue weighted by Gasteiger charge is -2.21. The van der Waals surface area contributed by atoms with Gasteiger partial charge in [-0.3, -0.25) is 9.20 Å². The van der Waals surface area contributed by atoms with Gasteiger partial charge in [0.2, 0.25) is 5.91 Å². The zero-order valence-corrected chi connectivity index (χ0v) is 11.8. The Morgan fingerprint density at radius 2 is 2.47 bits per heavy atom. The van der Waals surface area contributed by atoms with Gasteiger partial charge in [-0.1, -0.05) is 0 Å². The SMILES string of the molecule is CC1CC(CN)CN1C(=O)Cc1cn2ccsc2n1. The number of rotatable bonds is 3. The highest BCUT2D eigenvalue weighted by Crippen LogP contribution is 2.23. The fourth-order valence-corrected chi connectivity index (χ4v) is 3.50. The number of hydrogen-bond acceptors (Lipinski definition) is 4. The van der Waals surface area contributed by atoms with Gasteiger partial charge < -0.3 is 10.6 Å². The predicted molar refractivity (Wildman–Crippen MR) is 75.1 cm³/mol. The molecule has 0 bridgehead atoms. The van der Waals surface area contributed by atoms with Gasteiger partial charge in [-0.25, -0.2) is 4.98 Å². The molecule has 1 fully saturated rings. The summed E-state index contributed by atoms with van der Waals surface area (Å²) >= 11 is 1.58. The van der Waals surface area contributed by atoms with Gasteiger partial charge in [0, 0.05) is 30.4 Å². The van der Waals surface area contributed by atoms with Crippen molar-refractivity contribution in [3.63, 3.8) is 0 Å². The van der Waals surface area contributed by atoms with Gasteiger partial charge in [0.1, 0.15) is 0 Å². The maximum absolute atomic E-state index is 12.3. The first kappa shape index (κ1) is 12.6. The molecule has 1 aliphatic rings. The number of hydrogen-bond donors (Lipinski definition) is 1. The summed E-state index contributed by atoms with van der Waals surface area (Å²) in [5.41, 5.74) is 6.54. The summed E-state index contributed by atoms with van der Waals surface area (Å²) in [7, 11) is 0. The van der Waals surface area contributed by atoms with Crippen LogP contribution < -0.4 is 5.73 Å². The van der Waals surface area contributed by atoms with Crippen LogP contribution in [0, 0.1) is 5.92 Å². The Labute approximate surface area is 116 Å². The minimum absolute atomic E-state index is 0.161. The van der Waals surface area contributed by atoms with E-state index < -0.39 is 0 Å². The molecule has 2 N–H and O–H groups in total. The monoisotopic (exact) mass is 278 g/mol. The molecule has 1 amide bonds. The van der Waals surface area contributed by atoms with Crippen molar-refractivity contribution >= 4 is 22.2 Å². The Balaban J connectivity index is 1.69. The van der Waals surface area contributed by atoms with E-state index in [0.29, 0.717) is 24.9 Å². The first-order chi connectivity index (χ1) is 9.17. The molecule has 2 aromatic heterocycles. The number of aromatic nitrogens is 2. The van der Waals surface area contributed by atoms with Crippen LogP contribution in [0.2, 0.25) is 0 Å². The van der Waals surface area contributed by atoms with E-state index in [1.807, 2.05) is 27.1 Å². The molecule has 2 atom stereocenters. The van der Waals surface area contributed by atoms with Gasteiger partial charge in [-0.05, 0) is 25.8 Å². The van der Waals surface area contributed by atoms with Gasteiger partial charge in [-0.15, -0.1) is 11.3 Å². The zero-order chi connectivity index (χ0) is 13.4. The molecule has 0 aromatic carbocycles. The molecule has 5 nitrogen and oxygen atoms in total. The molecular weight excluding hydrogens is 260 g/mol. The molecule has 3 heterocycles. The average molecular weight is 278 g/mol. The second-order valence-corrected chi connectivity index (χ2v) is 6.11. The minimum Gasteiger partial charge on any atom is -0.339 e. The van der Waals surface area contributed by atoms with Gasteiger partial charge in [0.05, 0.1) is 12.1 Å². The second kappa shape index (κ2) is 4.94. The fraction of sp³-hybridized carbons (Fsp3) is 0.538.